The van der Waals surface area contributed by atoms with Gasteiger partial charge in [0.05, 0.1) is 4.47 Å². The molecule has 0 bridgehead atoms. The molecule has 0 N–H and O–H groups in total. The molecule has 1 aromatic heterocycles. The van der Waals surface area contributed by atoms with Gasteiger partial charge in [-0.05, 0) is 41.6 Å². The monoisotopic (exact) mass is 290 g/mol. The molecule has 0 amide bonds. The van der Waals surface area contributed by atoms with Crippen LogP contribution in [0.15, 0.2) is 10.7 Å². The molecular weight excluding hydrogens is 279 g/mol. The number of hydrogen-bond donors (Lipinski definition) is 0. The molecule has 0 radical (unpaired) electrons. The molecule has 1 saturated carbocycles. The summed E-state index contributed by atoms with van der Waals surface area (Å²) in [7, 11) is 0. The Hall–Kier alpha value is -0.350. The average molecular weight is 292 g/mol. The van der Waals surface area contributed by atoms with Crippen LogP contribution in [0.2, 0.25) is 5.15 Å². The second-order valence-corrected chi connectivity index (χ2v) is 4.88. The molecule has 1 fully saturated rings. The summed E-state index contributed by atoms with van der Waals surface area (Å²) in [4.78, 5) is 8.12. The fourth-order valence-corrected chi connectivity index (χ4v) is 2.03. The summed E-state index contributed by atoms with van der Waals surface area (Å²) in [5, 5.41) is 0.399. The first-order valence-corrected chi connectivity index (χ1v) is 6.27. The Kier molecular flexibility index (Phi) is 3.81. The van der Waals surface area contributed by atoms with Crippen LogP contribution in [0.25, 0.3) is 0 Å². The lowest BCUT2D eigenvalue weighted by atomic mass is 9.98. The van der Waals surface area contributed by atoms with E-state index < -0.39 is 0 Å². The van der Waals surface area contributed by atoms with Crippen LogP contribution < -0.4 is 4.74 Å². The van der Waals surface area contributed by atoms with Crippen molar-refractivity contribution in [3.05, 3.63) is 15.8 Å². The molecule has 2 rings (SSSR count). The molecule has 1 aliphatic rings. The van der Waals surface area contributed by atoms with Crippen molar-refractivity contribution in [2.45, 2.75) is 38.2 Å². The lowest BCUT2D eigenvalue weighted by molar-refractivity contribution is 0.142. The van der Waals surface area contributed by atoms with Crippen LogP contribution in [0.3, 0.4) is 0 Å². The van der Waals surface area contributed by atoms with Crippen molar-refractivity contribution in [2.24, 2.45) is 0 Å². The van der Waals surface area contributed by atoms with Gasteiger partial charge in [-0.1, -0.05) is 18.0 Å². The zero-order valence-electron chi connectivity index (χ0n) is 8.25. The van der Waals surface area contributed by atoms with Crippen molar-refractivity contribution in [2.75, 3.05) is 0 Å². The van der Waals surface area contributed by atoms with Gasteiger partial charge >= 0.3 is 6.01 Å². The van der Waals surface area contributed by atoms with Crippen molar-refractivity contribution in [1.82, 2.24) is 9.97 Å². The summed E-state index contributed by atoms with van der Waals surface area (Å²) >= 11 is 9.10. The third kappa shape index (κ3) is 3.05. The van der Waals surface area contributed by atoms with E-state index in [0.717, 1.165) is 12.8 Å². The minimum absolute atomic E-state index is 0.260. The number of hydrogen-bond acceptors (Lipinski definition) is 3. The van der Waals surface area contributed by atoms with Gasteiger partial charge in [-0.3, -0.25) is 0 Å². The highest BCUT2D eigenvalue weighted by atomic mass is 79.9. The highest BCUT2D eigenvalue weighted by molar-refractivity contribution is 9.10. The number of rotatable bonds is 2. The molecule has 0 aliphatic heterocycles. The Morgan fingerprint density at radius 2 is 2.07 bits per heavy atom. The third-order valence-electron chi connectivity index (χ3n) is 2.50. The third-order valence-corrected chi connectivity index (χ3v) is 3.60. The highest BCUT2D eigenvalue weighted by Crippen LogP contribution is 2.24. The SMILES string of the molecule is Clc1nc(OC2CCCCC2)ncc1Br. The maximum absolute atomic E-state index is 5.85. The lowest BCUT2D eigenvalue weighted by Gasteiger charge is -2.21. The molecule has 15 heavy (non-hydrogen) atoms. The second kappa shape index (κ2) is 5.12. The summed E-state index contributed by atoms with van der Waals surface area (Å²) in [5.74, 6) is 0. The van der Waals surface area contributed by atoms with Crippen molar-refractivity contribution in [1.29, 1.82) is 0 Å². The minimum atomic E-state index is 0.260. The summed E-state index contributed by atoms with van der Waals surface area (Å²) in [6.45, 7) is 0. The topological polar surface area (TPSA) is 35.0 Å². The van der Waals surface area contributed by atoms with Crippen LogP contribution in [0.5, 0.6) is 6.01 Å². The second-order valence-electron chi connectivity index (χ2n) is 3.67. The minimum Gasteiger partial charge on any atom is -0.460 e. The maximum Gasteiger partial charge on any atom is 0.318 e. The number of halogens is 2. The molecule has 0 spiro atoms. The zero-order valence-corrected chi connectivity index (χ0v) is 10.6. The Bertz CT molecular complexity index is 342. The lowest BCUT2D eigenvalue weighted by Crippen LogP contribution is -2.20. The fourth-order valence-electron chi connectivity index (χ4n) is 1.72. The molecule has 5 heteroatoms. The van der Waals surface area contributed by atoms with Crippen molar-refractivity contribution in [3.8, 4) is 6.01 Å². The van der Waals surface area contributed by atoms with E-state index in [2.05, 4.69) is 25.9 Å². The van der Waals surface area contributed by atoms with Gasteiger partial charge in [0.1, 0.15) is 6.10 Å². The predicted octanol–water partition coefficient (Wildman–Crippen LogP) is 3.60. The summed E-state index contributed by atoms with van der Waals surface area (Å²) in [6.07, 6.45) is 7.84. The first kappa shape index (κ1) is 11.1. The highest BCUT2D eigenvalue weighted by Gasteiger charge is 2.16. The molecule has 1 heterocycles. The molecular formula is C10H12BrClN2O. The van der Waals surface area contributed by atoms with Crippen molar-refractivity contribution in [3.63, 3.8) is 0 Å². The van der Waals surface area contributed by atoms with E-state index >= 15 is 0 Å². The van der Waals surface area contributed by atoms with Gasteiger partial charge in [0.2, 0.25) is 0 Å². The largest absolute Gasteiger partial charge is 0.460 e. The van der Waals surface area contributed by atoms with E-state index in [1.54, 1.807) is 6.20 Å². The van der Waals surface area contributed by atoms with Crippen molar-refractivity contribution < 1.29 is 4.74 Å². The van der Waals surface area contributed by atoms with Gasteiger partial charge in [0, 0.05) is 6.20 Å². The van der Waals surface area contributed by atoms with Crippen LogP contribution in [0.1, 0.15) is 32.1 Å². The van der Waals surface area contributed by atoms with Gasteiger partial charge in [0.15, 0.2) is 5.15 Å². The Labute approximate surface area is 102 Å². The van der Waals surface area contributed by atoms with Gasteiger partial charge < -0.3 is 4.74 Å². The molecule has 1 aromatic rings. The predicted molar refractivity (Wildman–Crippen MR) is 62.2 cm³/mol. The molecule has 0 atom stereocenters. The fraction of sp³-hybridized carbons (Fsp3) is 0.600. The summed E-state index contributed by atoms with van der Waals surface area (Å²) < 4.78 is 6.36. The number of aromatic nitrogens is 2. The van der Waals surface area contributed by atoms with Gasteiger partial charge in [0.25, 0.3) is 0 Å². The number of nitrogens with zero attached hydrogens (tertiary/aromatic N) is 2. The standard InChI is InChI=1S/C10H12BrClN2O/c11-8-6-13-10(14-9(8)12)15-7-4-2-1-3-5-7/h6-7H,1-5H2. The van der Waals surface area contributed by atoms with E-state index in [-0.39, 0.29) is 6.10 Å². The quantitative estimate of drug-likeness (QED) is 0.781. The van der Waals surface area contributed by atoms with Crippen LogP contribution in [-0.4, -0.2) is 16.1 Å². The van der Waals surface area contributed by atoms with Crippen molar-refractivity contribution >= 4 is 27.5 Å². The van der Waals surface area contributed by atoms with Crippen LogP contribution in [0, 0.1) is 0 Å². The van der Waals surface area contributed by atoms with Crippen LogP contribution in [0.4, 0.5) is 0 Å². The van der Waals surface area contributed by atoms with E-state index in [4.69, 9.17) is 16.3 Å². The maximum atomic E-state index is 5.85. The summed E-state index contributed by atoms with van der Waals surface area (Å²) in [5.41, 5.74) is 0. The van der Waals surface area contributed by atoms with E-state index in [1.807, 2.05) is 0 Å². The Morgan fingerprint density at radius 1 is 1.33 bits per heavy atom. The first-order valence-electron chi connectivity index (χ1n) is 5.10. The summed E-state index contributed by atoms with van der Waals surface area (Å²) in [6, 6.07) is 0.384. The van der Waals surface area contributed by atoms with Gasteiger partial charge in [-0.15, -0.1) is 0 Å². The molecule has 3 nitrogen and oxygen atoms in total. The molecule has 0 aromatic carbocycles. The van der Waals surface area contributed by atoms with E-state index in [1.165, 1.54) is 19.3 Å². The Morgan fingerprint density at radius 3 is 2.73 bits per heavy atom. The molecule has 1 aliphatic carbocycles. The van der Waals surface area contributed by atoms with E-state index in [9.17, 15) is 0 Å². The smallest absolute Gasteiger partial charge is 0.318 e. The van der Waals surface area contributed by atoms with Gasteiger partial charge in [-0.25, -0.2) is 4.98 Å². The average Bonchev–Trinajstić information content (AvgIpc) is 2.25. The molecule has 0 unspecified atom stereocenters. The number of ether oxygens (including phenoxy) is 1. The molecule has 0 saturated heterocycles. The zero-order chi connectivity index (χ0) is 10.7. The first-order chi connectivity index (χ1) is 7.25. The van der Waals surface area contributed by atoms with Crippen LogP contribution >= 0.6 is 27.5 Å². The van der Waals surface area contributed by atoms with E-state index in [0.29, 0.717) is 15.6 Å². The van der Waals surface area contributed by atoms with Crippen LogP contribution in [-0.2, 0) is 0 Å². The normalized spacial score (nSPS) is 17.7. The van der Waals surface area contributed by atoms with Gasteiger partial charge in [-0.2, -0.15) is 4.98 Å². The Balaban J connectivity index is 2.00. The molecule has 82 valence electrons.